The van der Waals surface area contributed by atoms with Crippen LogP contribution in [0.1, 0.15) is 70.6 Å². The molecule has 0 bridgehead atoms. The molecule has 0 saturated carbocycles. The van der Waals surface area contributed by atoms with E-state index >= 15 is 0 Å². The van der Waals surface area contributed by atoms with Crippen LogP contribution in [-0.2, 0) is 37.1 Å². The third kappa shape index (κ3) is 10.2. The molecular formula is C28H36Cl2Zr-2. The zero-order valence-electron chi connectivity index (χ0n) is 19.6. The maximum absolute atomic E-state index is 3.29. The van der Waals surface area contributed by atoms with Gasteiger partial charge in [0, 0.05) is 0 Å². The molecule has 2 aliphatic rings. The summed E-state index contributed by atoms with van der Waals surface area (Å²) in [7, 11) is 0. The van der Waals surface area contributed by atoms with Gasteiger partial charge in [0.25, 0.3) is 0 Å². The van der Waals surface area contributed by atoms with Gasteiger partial charge in [-0.2, -0.15) is 34.4 Å². The molecule has 0 aliphatic heterocycles. The van der Waals surface area contributed by atoms with E-state index in [-0.39, 0.29) is 24.8 Å². The minimum absolute atomic E-state index is 0. The number of allylic oxidation sites excluding steroid dienone is 4. The Kier molecular flexibility index (Phi) is 15.7. The van der Waals surface area contributed by atoms with Gasteiger partial charge < -0.3 is 24.8 Å². The van der Waals surface area contributed by atoms with Crippen molar-refractivity contribution in [1.82, 2.24) is 0 Å². The Morgan fingerprint density at radius 3 is 2.06 bits per heavy atom. The summed E-state index contributed by atoms with van der Waals surface area (Å²) in [5.74, 6) is 1.36. The van der Waals surface area contributed by atoms with E-state index in [9.17, 15) is 0 Å². The molecule has 0 saturated heterocycles. The monoisotopic (exact) mass is 532 g/mol. The summed E-state index contributed by atoms with van der Waals surface area (Å²) >= 11 is 1.51. The molecule has 168 valence electrons. The second-order valence-electron chi connectivity index (χ2n) is 8.59. The Labute approximate surface area is 218 Å². The molecule has 3 heteroatoms. The van der Waals surface area contributed by atoms with E-state index in [4.69, 9.17) is 0 Å². The number of hydrogen-bond donors (Lipinski definition) is 0. The van der Waals surface area contributed by atoms with Crippen molar-refractivity contribution in [1.29, 1.82) is 0 Å². The minimum Gasteiger partial charge on any atom is -1.00 e. The van der Waals surface area contributed by atoms with E-state index in [1.165, 1.54) is 64.3 Å². The molecule has 4 rings (SSSR count). The van der Waals surface area contributed by atoms with Crippen LogP contribution in [-0.4, -0.2) is 3.21 Å². The van der Waals surface area contributed by atoms with Crippen molar-refractivity contribution in [3.63, 3.8) is 0 Å². The van der Waals surface area contributed by atoms with Crippen LogP contribution < -0.4 is 24.8 Å². The number of halogens is 2. The van der Waals surface area contributed by atoms with E-state index in [0.29, 0.717) is 11.8 Å². The number of benzene rings is 1. The molecule has 0 fully saturated rings. The molecule has 2 aromatic rings. The largest absolute Gasteiger partial charge is 1.00 e. The third-order valence-corrected chi connectivity index (χ3v) is 6.31. The van der Waals surface area contributed by atoms with Crippen LogP contribution in [0, 0.1) is 17.9 Å². The molecule has 0 spiro atoms. The Hall–Kier alpha value is -0.617. The van der Waals surface area contributed by atoms with Gasteiger partial charge in [-0.25, -0.2) is 12.1 Å². The van der Waals surface area contributed by atoms with Crippen molar-refractivity contribution in [2.75, 3.05) is 0 Å². The second kappa shape index (κ2) is 16.1. The standard InChI is InChI=1S/C11H17.C9H11.C8H8.2ClH.Zr/c1-8(2)10-6-5-7-11(10)9(3)4;1-2-5-9-7-3-6-8(9)4-1;1-2-8-6-4-3-5-7-8;;;/h6,8-9H,7H2,1-4H3;3,6-7H,1-2,4-5H2;3-7H,1H3;2*1H;/q2*-1;;;;+2/p-2. The zero-order chi connectivity index (χ0) is 21.2. The van der Waals surface area contributed by atoms with Gasteiger partial charge in [0.1, 0.15) is 0 Å². The third-order valence-electron chi connectivity index (χ3n) is 5.60. The van der Waals surface area contributed by atoms with Crippen LogP contribution in [0.5, 0.6) is 0 Å². The fraction of sp³-hybridized carbons (Fsp3) is 0.429. The maximum Gasteiger partial charge on any atom is -0.0512 e. The van der Waals surface area contributed by atoms with Crippen molar-refractivity contribution in [3.8, 4) is 0 Å². The summed E-state index contributed by atoms with van der Waals surface area (Å²) < 4.78 is 1.46. The molecule has 2 aromatic carbocycles. The van der Waals surface area contributed by atoms with E-state index < -0.39 is 0 Å². The summed E-state index contributed by atoms with van der Waals surface area (Å²) in [5.41, 5.74) is 7.67. The summed E-state index contributed by atoms with van der Waals surface area (Å²) in [4.78, 5) is 0. The molecular weight excluding hydrogens is 498 g/mol. The first-order chi connectivity index (χ1) is 13.9. The molecule has 0 heterocycles. The minimum atomic E-state index is 0. The van der Waals surface area contributed by atoms with Crippen molar-refractivity contribution in [2.45, 2.75) is 66.7 Å². The zero-order valence-corrected chi connectivity index (χ0v) is 23.6. The van der Waals surface area contributed by atoms with Gasteiger partial charge in [0.05, 0.1) is 0 Å². The molecule has 2 aliphatic carbocycles. The predicted molar refractivity (Wildman–Crippen MR) is 124 cm³/mol. The van der Waals surface area contributed by atoms with E-state index in [1.807, 2.05) is 6.07 Å². The van der Waals surface area contributed by atoms with Crippen LogP contribution in [0.3, 0.4) is 0 Å². The predicted octanol–water partition coefficient (Wildman–Crippen LogP) is 1.42. The Balaban J connectivity index is 0.000000424. The van der Waals surface area contributed by atoms with Crippen LogP contribution in [0.25, 0.3) is 0 Å². The fourth-order valence-electron chi connectivity index (χ4n) is 3.84. The van der Waals surface area contributed by atoms with Gasteiger partial charge in [0.15, 0.2) is 0 Å². The maximum atomic E-state index is 3.29. The number of aryl methyl sites for hydroxylation is 2. The van der Waals surface area contributed by atoms with Crippen molar-refractivity contribution in [2.24, 2.45) is 11.8 Å². The first-order valence-corrected chi connectivity index (χ1v) is 12.3. The first kappa shape index (κ1) is 30.4. The number of fused-ring (bicyclic) bond motifs is 1. The molecule has 31 heavy (non-hydrogen) atoms. The van der Waals surface area contributed by atoms with Crippen LogP contribution in [0.2, 0.25) is 0 Å². The quantitative estimate of drug-likeness (QED) is 0.523. The van der Waals surface area contributed by atoms with E-state index in [2.05, 4.69) is 89.2 Å². The molecule has 0 radical (unpaired) electrons. The Morgan fingerprint density at radius 1 is 0.935 bits per heavy atom. The molecule has 0 unspecified atom stereocenters. The average molecular weight is 535 g/mol. The van der Waals surface area contributed by atoms with Crippen molar-refractivity contribution >= 4 is 3.21 Å². The van der Waals surface area contributed by atoms with Crippen LogP contribution >= 0.6 is 0 Å². The Bertz CT molecular complexity index is 805. The van der Waals surface area contributed by atoms with E-state index in [1.54, 1.807) is 16.7 Å². The van der Waals surface area contributed by atoms with Crippen molar-refractivity contribution < 1.29 is 49.0 Å². The molecule has 0 N–H and O–H groups in total. The Morgan fingerprint density at radius 2 is 1.58 bits per heavy atom. The average Bonchev–Trinajstić information content (AvgIpc) is 3.39. The van der Waals surface area contributed by atoms with Crippen LogP contribution in [0.15, 0.2) is 65.8 Å². The van der Waals surface area contributed by atoms with Crippen LogP contribution in [0.4, 0.5) is 0 Å². The number of rotatable bonds is 3. The smallest absolute Gasteiger partial charge is 0.0512 e. The second-order valence-corrected chi connectivity index (χ2v) is 10.4. The molecule has 0 amide bonds. The van der Waals surface area contributed by atoms with Gasteiger partial charge in [-0.05, 0) is 5.92 Å². The first-order valence-electron chi connectivity index (χ1n) is 11.0. The summed E-state index contributed by atoms with van der Waals surface area (Å²) in [6, 6.07) is 17.2. The topological polar surface area (TPSA) is 0 Å². The fourth-order valence-corrected chi connectivity index (χ4v) is 4.25. The van der Waals surface area contributed by atoms with Gasteiger partial charge in [-0.1, -0.05) is 59.3 Å². The van der Waals surface area contributed by atoms with Gasteiger partial charge >= 0.3 is 70.3 Å². The molecule has 0 nitrogen and oxygen atoms in total. The number of hydrogen-bond acceptors (Lipinski definition) is 0. The van der Waals surface area contributed by atoms with Gasteiger partial charge in [0.2, 0.25) is 0 Å². The summed E-state index contributed by atoms with van der Waals surface area (Å²) in [5, 5.41) is 0. The van der Waals surface area contributed by atoms with Crippen molar-refractivity contribution in [3.05, 3.63) is 88.5 Å². The summed E-state index contributed by atoms with van der Waals surface area (Å²) in [6.07, 6.45) is 12.0. The van der Waals surface area contributed by atoms with E-state index in [0.717, 1.165) is 6.42 Å². The summed E-state index contributed by atoms with van der Waals surface area (Å²) in [6.45, 7) is 11.2. The molecule has 0 atom stereocenters. The molecule has 0 aromatic heterocycles. The van der Waals surface area contributed by atoms with Gasteiger partial charge in [-0.3, -0.25) is 6.08 Å². The SMILES string of the molecule is CC(C)C1=C(C(C)C)C[C-]=C1.C[C](=[Zr+2])c1ccccc1.[Cl-].[Cl-].c1cc2c([cH-]1)CCCC2. The normalized spacial score (nSPS) is 14.0. The van der Waals surface area contributed by atoms with Gasteiger partial charge in [-0.15, -0.1) is 6.42 Å².